The van der Waals surface area contributed by atoms with Gasteiger partial charge in [-0.3, -0.25) is 0 Å². The van der Waals surface area contributed by atoms with Crippen molar-refractivity contribution in [3.05, 3.63) is 0 Å². The zero-order valence-electron chi connectivity index (χ0n) is 5.28. The highest BCUT2D eigenvalue weighted by Gasteiger charge is 2.38. The number of hydrogen-bond acceptors (Lipinski definition) is 4. The van der Waals surface area contributed by atoms with Crippen molar-refractivity contribution in [1.29, 1.82) is 0 Å². The number of rotatable bonds is 0. The molecule has 4 heteroatoms. The zero-order chi connectivity index (χ0) is 7.14. The molecule has 0 aromatic rings. The Labute approximate surface area is 57.5 Å². The van der Waals surface area contributed by atoms with Gasteiger partial charge in [-0.1, -0.05) is 0 Å². The van der Waals surface area contributed by atoms with Crippen LogP contribution in [0, 0.1) is 0 Å². The molecule has 4 nitrogen and oxygen atoms in total. The fourth-order valence-corrected chi connectivity index (χ4v) is 1.20. The van der Waals surface area contributed by atoms with E-state index in [0.717, 1.165) is 0 Å². The van der Waals surface area contributed by atoms with Crippen molar-refractivity contribution < 1.29 is 14.6 Å². The lowest BCUT2D eigenvalue weighted by Crippen LogP contribution is -2.29. The van der Waals surface area contributed by atoms with Crippen LogP contribution in [0.4, 0.5) is 0 Å². The van der Waals surface area contributed by atoms with Gasteiger partial charge in [0.2, 0.25) is 0 Å². The third kappa shape index (κ3) is 0.654. The number of esters is 1. The summed E-state index contributed by atoms with van der Waals surface area (Å²) in [6.07, 6.45) is 0.553. The number of fused-ring (bicyclic) bond motifs is 1. The molecule has 0 aromatic carbocycles. The molecule has 0 radical (unpaired) electrons. The Kier molecular flexibility index (Phi) is 1.05. The van der Waals surface area contributed by atoms with Crippen molar-refractivity contribution in [2.24, 2.45) is 4.99 Å². The lowest BCUT2D eigenvalue weighted by Gasteiger charge is -2.12. The van der Waals surface area contributed by atoms with Gasteiger partial charge in [-0.25, -0.2) is 9.79 Å². The number of aliphatic hydroxyl groups is 1. The van der Waals surface area contributed by atoms with Gasteiger partial charge in [0.25, 0.3) is 0 Å². The van der Waals surface area contributed by atoms with Crippen molar-refractivity contribution in [1.82, 2.24) is 0 Å². The molecule has 2 aliphatic heterocycles. The monoisotopic (exact) mass is 141 g/mol. The predicted molar refractivity (Wildman–Crippen MR) is 32.6 cm³/mol. The molecule has 2 unspecified atom stereocenters. The second-order valence-electron chi connectivity index (χ2n) is 2.49. The van der Waals surface area contributed by atoms with E-state index in [0.29, 0.717) is 18.7 Å². The van der Waals surface area contributed by atoms with Gasteiger partial charge in [-0.05, 0) is 6.42 Å². The van der Waals surface area contributed by atoms with E-state index in [1.807, 2.05) is 0 Å². The first-order valence-electron chi connectivity index (χ1n) is 3.24. The first-order chi connectivity index (χ1) is 4.77. The van der Waals surface area contributed by atoms with E-state index < -0.39 is 18.1 Å². The van der Waals surface area contributed by atoms with Gasteiger partial charge in [-0.15, -0.1) is 0 Å². The molecule has 10 heavy (non-hydrogen) atoms. The number of hydrogen-bond donors (Lipinski definition) is 1. The van der Waals surface area contributed by atoms with Crippen LogP contribution in [0.1, 0.15) is 12.8 Å². The predicted octanol–water partition coefficient (Wildman–Crippen LogP) is -0.535. The molecule has 0 amide bonds. The summed E-state index contributed by atoms with van der Waals surface area (Å²) in [6, 6.07) is -0.622. The standard InChI is InChI=1S/C6H7NO3/c8-3-1-2-4-7-5(3)6(9)10-4/h3,5,8H,1-2H2. The van der Waals surface area contributed by atoms with E-state index in [-0.39, 0.29) is 0 Å². The molecule has 2 rings (SSSR count). The molecule has 0 aliphatic carbocycles. The summed E-state index contributed by atoms with van der Waals surface area (Å²) in [5, 5.41) is 9.16. The second-order valence-corrected chi connectivity index (χ2v) is 2.49. The highest BCUT2D eigenvalue weighted by Crippen LogP contribution is 2.22. The quantitative estimate of drug-likeness (QED) is 0.461. The summed E-state index contributed by atoms with van der Waals surface area (Å²) >= 11 is 0. The molecule has 2 heterocycles. The van der Waals surface area contributed by atoms with Crippen LogP contribution in [-0.2, 0) is 9.53 Å². The molecular weight excluding hydrogens is 134 g/mol. The van der Waals surface area contributed by atoms with E-state index in [2.05, 4.69) is 4.99 Å². The van der Waals surface area contributed by atoms with Gasteiger partial charge < -0.3 is 9.84 Å². The summed E-state index contributed by atoms with van der Waals surface area (Å²) < 4.78 is 4.71. The number of nitrogens with zero attached hydrogens (tertiary/aromatic N) is 1. The second kappa shape index (κ2) is 1.79. The van der Waals surface area contributed by atoms with Crippen LogP contribution in [0.25, 0.3) is 0 Å². The van der Waals surface area contributed by atoms with Crippen molar-refractivity contribution >= 4 is 11.9 Å². The van der Waals surface area contributed by atoms with Crippen molar-refractivity contribution in [3.8, 4) is 0 Å². The lowest BCUT2D eigenvalue weighted by atomic mass is 10.1. The third-order valence-electron chi connectivity index (χ3n) is 1.76. The summed E-state index contributed by atoms with van der Waals surface area (Å²) in [5.74, 6) is 0.0836. The normalized spacial score (nSPS) is 37.3. The maximum atomic E-state index is 10.8. The van der Waals surface area contributed by atoms with Gasteiger partial charge >= 0.3 is 5.97 Å². The Morgan fingerprint density at radius 1 is 1.70 bits per heavy atom. The van der Waals surface area contributed by atoms with E-state index in [1.165, 1.54) is 0 Å². The minimum atomic E-state index is -0.626. The third-order valence-corrected chi connectivity index (χ3v) is 1.76. The van der Waals surface area contributed by atoms with Gasteiger partial charge in [0.05, 0.1) is 6.10 Å². The van der Waals surface area contributed by atoms with Crippen molar-refractivity contribution in [3.63, 3.8) is 0 Å². The Morgan fingerprint density at radius 3 is 3.20 bits per heavy atom. The van der Waals surface area contributed by atoms with Crippen LogP contribution in [0.15, 0.2) is 4.99 Å². The number of ether oxygens (including phenoxy) is 1. The van der Waals surface area contributed by atoms with Crippen LogP contribution in [0.3, 0.4) is 0 Å². The van der Waals surface area contributed by atoms with Crippen molar-refractivity contribution in [2.45, 2.75) is 25.0 Å². The highest BCUT2D eigenvalue weighted by atomic mass is 16.6. The molecule has 0 saturated carbocycles. The average molecular weight is 141 g/mol. The maximum absolute atomic E-state index is 10.8. The molecule has 0 fully saturated rings. The highest BCUT2D eigenvalue weighted by molar-refractivity contribution is 5.98. The van der Waals surface area contributed by atoms with Crippen LogP contribution in [-0.4, -0.2) is 29.1 Å². The van der Waals surface area contributed by atoms with Gasteiger partial charge in [-0.2, -0.15) is 0 Å². The Balaban J connectivity index is 2.29. The Hall–Kier alpha value is -0.900. The Morgan fingerprint density at radius 2 is 2.50 bits per heavy atom. The summed E-state index contributed by atoms with van der Waals surface area (Å²) in [6.45, 7) is 0. The molecular formula is C6H7NO3. The molecule has 0 spiro atoms. The van der Waals surface area contributed by atoms with Gasteiger partial charge in [0.1, 0.15) is 0 Å². The number of carbonyl (C=O) groups is 1. The van der Waals surface area contributed by atoms with Gasteiger partial charge in [0.15, 0.2) is 11.9 Å². The summed E-state index contributed by atoms with van der Waals surface area (Å²) in [7, 11) is 0. The minimum absolute atomic E-state index is 0.403. The molecule has 54 valence electrons. The SMILES string of the molecule is O=C1OC2=NC1C(O)CC2. The van der Waals surface area contributed by atoms with E-state index in [1.54, 1.807) is 0 Å². The first kappa shape index (κ1) is 5.85. The molecule has 0 aromatic heterocycles. The largest absolute Gasteiger partial charge is 0.410 e. The summed E-state index contributed by atoms with van der Waals surface area (Å²) in [5.41, 5.74) is 0. The van der Waals surface area contributed by atoms with Gasteiger partial charge in [0, 0.05) is 6.42 Å². The fraction of sp³-hybridized carbons (Fsp3) is 0.667. The Bertz CT molecular complexity index is 211. The van der Waals surface area contributed by atoms with E-state index in [4.69, 9.17) is 9.84 Å². The number of aliphatic imine (C=N–C) groups is 1. The molecule has 1 N–H and O–H groups in total. The molecule has 2 bridgehead atoms. The maximum Gasteiger partial charge on any atom is 0.340 e. The summed E-state index contributed by atoms with van der Waals surface area (Å²) in [4.78, 5) is 14.6. The number of carbonyl (C=O) groups excluding carboxylic acids is 1. The minimum Gasteiger partial charge on any atom is -0.410 e. The van der Waals surface area contributed by atoms with Crippen LogP contribution in [0.2, 0.25) is 0 Å². The topological polar surface area (TPSA) is 58.9 Å². The smallest absolute Gasteiger partial charge is 0.340 e. The van der Waals surface area contributed by atoms with Crippen LogP contribution in [0.5, 0.6) is 0 Å². The van der Waals surface area contributed by atoms with E-state index in [9.17, 15) is 4.79 Å². The first-order valence-corrected chi connectivity index (χ1v) is 3.24. The fourth-order valence-electron chi connectivity index (χ4n) is 1.20. The van der Waals surface area contributed by atoms with Crippen LogP contribution >= 0.6 is 0 Å². The van der Waals surface area contributed by atoms with E-state index >= 15 is 0 Å². The van der Waals surface area contributed by atoms with Crippen LogP contribution < -0.4 is 0 Å². The van der Waals surface area contributed by atoms with Crippen molar-refractivity contribution in [2.75, 3.05) is 0 Å². The molecule has 0 saturated heterocycles. The number of aliphatic hydroxyl groups excluding tert-OH is 1. The lowest BCUT2D eigenvalue weighted by molar-refractivity contribution is -0.136. The molecule has 2 aliphatic rings. The molecule has 2 atom stereocenters. The average Bonchev–Trinajstić information content (AvgIpc) is 2.21. The zero-order valence-corrected chi connectivity index (χ0v) is 5.28.